The van der Waals surface area contributed by atoms with Crippen molar-refractivity contribution in [3.05, 3.63) is 17.7 Å². The van der Waals surface area contributed by atoms with Gasteiger partial charge in [-0.05, 0) is 12.1 Å². The van der Waals surface area contributed by atoms with Gasteiger partial charge in [0.25, 0.3) is 0 Å². The lowest BCUT2D eigenvalue weighted by Crippen LogP contribution is -2.26. The van der Waals surface area contributed by atoms with Crippen molar-refractivity contribution in [3.8, 4) is 17.2 Å². The first kappa shape index (κ1) is 17.9. The highest BCUT2D eigenvalue weighted by Crippen LogP contribution is 2.47. The molecule has 0 heterocycles. The molecule has 1 atom stereocenters. The van der Waals surface area contributed by atoms with Crippen molar-refractivity contribution in [2.75, 3.05) is 27.9 Å². The lowest BCUT2D eigenvalue weighted by atomic mass is 10.1. The van der Waals surface area contributed by atoms with Crippen LogP contribution in [0.3, 0.4) is 0 Å². The van der Waals surface area contributed by atoms with Crippen LogP contribution >= 0.6 is 0 Å². The van der Waals surface area contributed by atoms with Gasteiger partial charge in [0, 0.05) is 5.56 Å². The van der Waals surface area contributed by atoms with E-state index in [2.05, 4.69) is 4.74 Å². The molecule has 0 aliphatic carbocycles. The van der Waals surface area contributed by atoms with Crippen LogP contribution in [0.1, 0.15) is 11.7 Å². The van der Waals surface area contributed by atoms with Crippen LogP contribution in [-0.2, 0) is 9.53 Å². The third kappa shape index (κ3) is 3.94. The number of hydrogen-bond acceptors (Lipinski definition) is 5. The zero-order chi connectivity index (χ0) is 16.9. The zero-order valence-electron chi connectivity index (χ0n) is 12.1. The number of benzene rings is 1. The molecule has 0 saturated heterocycles. The number of hydrogen-bond donors (Lipinski definition) is 1. The fourth-order valence-corrected chi connectivity index (χ4v) is 1.85. The minimum atomic E-state index is -4.83. The Labute approximate surface area is 124 Å². The first-order valence-corrected chi connectivity index (χ1v) is 5.95. The molecule has 1 aromatic rings. The standard InChI is InChI=1S/C13H15F3O6/c1-19-8-5-4-7(10(20-2)11(8)21-3)12(13(14,15)16)22-6-9(17)18/h4-5,12H,6H2,1-3H3,(H,17,18)/t12-/m0/s1. The SMILES string of the molecule is COc1ccc([C@H](OCC(=O)O)C(F)(F)F)c(OC)c1OC. The maximum absolute atomic E-state index is 13.1. The molecule has 22 heavy (non-hydrogen) atoms. The highest BCUT2D eigenvalue weighted by molar-refractivity contribution is 5.68. The number of carbonyl (C=O) groups is 1. The van der Waals surface area contributed by atoms with E-state index in [0.717, 1.165) is 13.2 Å². The van der Waals surface area contributed by atoms with Crippen molar-refractivity contribution in [3.63, 3.8) is 0 Å². The van der Waals surface area contributed by atoms with Gasteiger partial charge in [0.1, 0.15) is 6.61 Å². The second kappa shape index (κ2) is 7.21. The Hall–Kier alpha value is -2.16. The number of rotatable bonds is 7. The van der Waals surface area contributed by atoms with Gasteiger partial charge >= 0.3 is 12.1 Å². The lowest BCUT2D eigenvalue weighted by Gasteiger charge is -2.24. The Morgan fingerprint density at radius 3 is 2.14 bits per heavy atom. The van der Waals surface area contributed by atoms with E-state index in [-0.39, 0.29) is 17.2 Å². The smallest absolute Gasteiger partial charge is 0.419 e. The topological polar surface area (TPSA) is 74.2 Å². The second-order valence-electron chi connectivity index (χ2n) is 4.05. The summed E-state index contributed by atoms with van der Waals surface area (Å²) in [7, 11) is 3.72. The predicted octanol–water partition coefficient (Wildman–Crippen LogP) is 2.42. The molecule has 0 fully saturated rings. The Kier molecular flexibility index (Phi) is 5.86. The fraction of sp³-hybridized carbons (Fsp3) is 0.462. The summed E-state index contributed by atoms with van der Waals surface area (Å²) in [5.74, 6) is -1.64. The van der Waals surface area contributed by atoms with Gasteiger partial charge in [0.15, 0.2) is 17.6 Å². The molecular weight excluding hydrogens is 309 g/mol. The summed E-state index contributed by atoms with van der Waals surface area (Å²) in [5, 5.41) is 8.52. The number of carboxylic acid groups (broad SMARTS) is 1. The van der Waals surface area contributed by atoms with Gasteiger partial charge < -0.3 is 24.1 Å². The molecule has 1 rings (SSSR count). The largest absolute Gasteiger partial charge is 0.493 e. The van der Waals surface area contributed by atoms with Gasteiger partial charge in [-0.15, -0.1) is 0 Å². The molecule has 0 aromatic heterocycles. The summed E-state index contributed by atoms with van der Waals surface area (Å²) >= 11 is 0. The normalized spacial score (nSPS) is 12.6. The summed E-state index contributed by atoms with van der Waals surface area (Å²) < 4.78 is 58.8. The van der Waals surface area contributed by atoms with Crippen LogP contribution in [0.2, 0.25) is 0 Å². The van der Waals surface area contributed by atoms with Gasteiger partial charge in [-0.3, -0.25) is 0 Å². The molecule has 0 aliphatic rings. The first-order valence-electron chi connectivity index (χ1n) is 5.95. The summed E-state index contributed by atoms with van der Waals surface area (Å²) in [5.41, 5.74) is -0.408. The van der Waals surface area contributed by atoms with Crippen LogP contribution in [-0.4, -0.2) is 45.2 Å². The lowest BCUT2D eigenvalue weighted by molar-refractivity contribution is -0.225. The quantitative estimate of drug-likeness (QED) is 0.830. The Balaban J connectivity index is 3.38. The first-order chi connectivity index (χ1) is 10.3. The summed E-state index contributed by atoms with van der Waals surface area (Å²) in [6.07, 6.45) is -7.30. The van der Waals surface area contributed by atoms with E-state index >= 15 is 0 Å². The van der Waals surface area contributed by atoms with E-state index in [1.165, 1.54) is 20.3 Å². The van der Waals surface area contributed by atoms with Crippen LogP contribution in [0, 0.1) is 0 Å². The molecule has 124 valence electrons. The van der Waals surface area contributed by atoms with Crippen LogP contribution in [0.25, 0.3) is 0 Å². The van der Waals surface area contributed by atoms with Crippen molar-refractivity contribution in [2.45, 2.75) is 12.3 Å². The van der Waals surface area contributed by atoms with E-state index in [1.54, 1.807) is 0 Å². The van der Waals surface area contributed by atoms with Crippen LogP contribution in [0.15, 0.2) is 12.1 Å². The van der Waals surface area contributed by atoms with E-state index in [1.807, 2.05) is 0 Å². The van der Waals surface area contributed by atoms with E-state index < -0.39 is 30.4 Å². The Bertz CT molecular complexity index is 529. The summed E-state index contributed by atoms with van der Waals surface area (Å²) in [6, 6.07) is 2.33. The molecule has 1 aromatic carbocycles. The molecule has 6 nitrogen and oxygen atoms in total. The number of carboxylic acids is 1. The van der Waals surface area contributed by atoms with E-state index in [4.69, 9.17) is 19.3 Å². The third-order valence-corrected chi connectivity index (χ3v) is 2.69. The molecule has 0 unspecified atom stereocenters. The van der Waals surface area contributed by atoms with Gasteiger partial charge in [-0.2, -0.15) is 13.2 Å². The van der Waals surface area contributed by atoms with Crippen molar-refractivity contribution >= 4 is 5.97 Å². The molecule has 0 radical (unpaired) electrons. The minimum Gasteiger partial charge on any atom is -0.493 e. The Morgan fingerprint density at radius 2 is 1.73 bits per heavy atom. The van der Waals surface area contributed by atoms with E-state index in [9.17, 15) is 18.0 Å². The number of aliphatic carboxylic acids is 1. The van der Waals surface area contributed by atoms with Gasteiger partial charge in [-0.1, -0.05) is 0 Å². The maximum atomic E-state index is 13.1. The molecule has 1 N–H and O–H groups in total. The van der Waals surface area contributed by atoms with Crippen molar-refractivity contribution in [1.82, 2.24) is 0 Å². The molecule has 0 amide bonds. The molecule has 0 spiro atoms. The average molecular weight is 324 g/mol. The molecule has 0 bridgehead atoms. The van der Waals surface area contributed by atoms with Crippen molar-refractivity contribution in [1.29, 1.82) is 0 Å². The zero-order valence-corrected chi connectivity index (χ0v) is 12.1. The monoisotopic (exact) mass is 324 g/mol. The molecule has 0 aliphatic heterocycles. The number of methoxy groups -OCH3 is 3. The molecular formula is C13H15F3O6. The number of halogens is 3. The molecule has 0 saturated carbocycles. The highest BCUT2D eigenvalue weighted by Gasteiger charge is 2.44. The average Bonchev–Trinajstić information content (AvgIpc) is 2.44. The predicted molar refractivity (Wildman–Crippen MR) is 68.5 cm³/mol. The summed E-state index contributed by atoms with van der Waals surface area (Å²) in [6.45, 7) is -1.11. The van der Waals surface area contributed by atoms with Crippen LogP contribution < -0.4 is 14.2 Å². The summed E-state index contributed by atoms with van der Waals surface area (Å²) in [4.78, 5) is 10.5. The Morgan fingerprint density at radius 1 is 1.14 bits per heavy atom. The van der Waals surface area contributed by atoms with Crippen LogP contribution in [0.5, 0.6) is 17.2 Å². The van der Waals surface area contributed by atoms with Gasteiger partial charge in [0.2, 0.25) is 5.75 Å². The maximum Gasteiger partial charge on any atom is 0.419 e. The highest BCUT2D eigenvalue weighted by atomic mass is 19.4. The second-order valence-corrected chi connectivity index (χ2v) is 4.05. The van der Waals surface area contributed by atoms with Crippen molar-refractivity contribution in [2.24, 2.45) is 0 Å². The van der Waals surface area contributed by atoms with Gasteiger partial charge in [0.05, 0.1) is 21.3 Å². The minimum absolute atomic E-state index is 0.0457. The van der Waals surface area contributed by atoms with E-state index in [0.29, 0.717) is 0 Å². The van der Waals surface area contributed by atoms with Crippen LogP contribution in [0.4, 0.5) is 13.2 Å². The molecule has 9 heteroatoms. The number of ether oxygens (including phenoxy) is 4. The van der Waals surface area contributed by atoms with Gasteiger partial charge in [-0.25, -0.2) is 4.79 Å². The number of alkyl halides is 3. The fourth-order valence-electron chi connectivity index (χ4n) is 1.85. The third-order valence-electron chi connectivity index (χ3n) is 2.69. The van der Waals surface area contributed by atoms with Crippen molar-refractivity contribution < 1.29 is 42.0 Å².